The van der Waals surface area contributed by atoms with Crippen molar-refractivity contribution in [3.63, 3.8) is 0 Å². The zero-order valence-corrected chi connectivity index (χ0v) is 16.5. The van der Waals surface area contributed by atoms with Crippen molar-refractivity contribution >= 4 is 34.8 Å². The summed E-state index contributed by atoms with van der Waals surface area (Å²) in [4.78, 5) is 12.8. The number of carbonyl (C=O) groups excluding carboxylic acids is 1. The highest BCUT2D eigenvalue weighted by Crippen LogP contribution is 2.50. The monoisotopic (exact) mass is 472 g/mol. The number of hydrogen-bond donors (Lipinski definition) is 1. The highest BCUT2D eigenvalue weighted by Gasteiger charge is 2.47. The highest BCUT2D eigenvalue weighted by molar-refractivity contribution is 6.42. The number of pyridine rings is 1. The number of hydrogen-bond acceptors (Lipinski definition) is 5. The number of fused-ring (bicyclic) bond motifs is 1. The van der Waals surface area contributed by atoms with Crippen LogP contribution in [-0.2, 0) is 0 Å². The number of nitrogens with one attached hydrogen (secondary N) is 1. The molecule has 0 unspecified atom stereocenters. The fourth-order valence-corrected chi connectivity index (χ4v) is 3.00. The van der Waals surface area contributed by atoms with Gasteiger partial charge in [0.25, 0.3) is 5.91 Å². The Hall–Kier alpha value is -3.37. The van der Waals surface area contributed by atoms with Gasteiger partial charge in [0.15, 0.2) is 17.8 Å². The number of carbonyl (C=O) groups is 1. The van der Waals surface area contributed by atoms with Crippen LogP contribution in [-0.4, -0.2) is 12.2 Å². The van der Waals surface area contributed by atoms with E-state index in [4.69, 9.17) is 27.9 Å². The first-order valence-electron chi connectivity index (χ1n) is 8.38. The topological polar surface area (TPSA) is 83.7 Å². The second-order valence-electron chi connectivity index (χ2n) is 6.14. The molecule has 7 nitrogen and oxygen atoms in total. The molecule has 0 fully saturated rings. The molecule has 0 bridgehead atoms. The maximum absolute atomic E-state index is 13.8. The Morgan fingerprint density at radius 3 is 2.55 bits per heavy atom. The van der Waals surface area contributed by atoms with Crippen LogP contribution in [0.5, 0.6) is 23.0 Å². The summed E-state index contributed by atoms with van der Waals surface area (Å²) in [6.45, 7) is 0. The third-order valence-corrected chi connectivity index (χ3v) is 4.71. The van der Waals surface area contributed by atoms with Crippen LogP contribution in [0.15, 0.2) is 48.8 Å². The smallest absolute Gasteiger partial charge is 0.586 e. The molecule has 1 amide bonds. The predicted molar refractivity (Wildman–Crippen MR) is 102 cm³/mol. The van der Waals surface area contributed by atoms with Crippen molar-refractivity contribution in [3.8, 4) is 23.0 Å². The van der Waals surface area contributed by atoms with Gasteiger partial charge in [-0.25, -0.2) is 4.39 Å². The third kappa shape index (κ3) is 4.25. The van der Waals surface area contributed by atoms with E-state index >= 15 is 0 Å². The lowest BCUT2D eigenvalue weighted by Crippen LogP contribution is -2.26. The summed E-state index contributed by atoms with van der Waals surface area (Å²) in [7, 11) is 0. The van der Waals surface area contributed by atoms with E-state index in [0.29, 0.717) is 4.73 Å². The SMILES string of the molecule is O=C(Nc1ccc[n+]([O-])c1)c1cc(Cl)c(Cl)cc1Oc1ccc(F)c2c1OC(F)(F)O2. The number of benzene rings is 2. The van der Waals surface area contributed by atoms with E-state index in [2.05, 4.69) is 14.8 Å². The summed E-state index contributed by atoms with van der Waals surface area (Å²) in [6, 6.07) is 7.06. The summed E-state index contributed by atoms with van der Waals surface area (Å²) in [5.74, 6) is -3.96. The fraction of sp³-hybridized carbons (Fsp3) is 0.0526. The van der Waals surface area contributed by atoms with Crippen LogP contribution in [0.25, 0.3) is 0 Å². The van der Waals surface area contributed by atoms with Gasteiger partial charge in [-0.1, -0.05) is 23.2 Å². The lowest BCUT2D eigenvalue weighted by molar-refractivity contribution is -0.604. The van der Waals surface area contributed by atoms with E-state index < -0.39 is 29.5 Å². The van der Waals surface area contributed by atoms with Gasteiger partial charge in [-0.05, 0) is 24.3 Å². The van der Waals surface area contributed by atoms with Crippen LogP contribution in [0.3, 0.4) is 0 Å². The average molecular weight is 473 g/mol. The van der Waals surface area contributed by atoms with E-state index in [1.165, 1.54) is 30.5 Å². The fourth-order valence-electron chi connectivity index (χ4n) is 2.69. The van der Waals surface area contributed by atoms with Gasteiger partial charge in [0.05, 0.1) is 15.6 Å². The van der Waals surface area contributed by atoms with Gasteiger partial charge >= 0.3 is 6.29 Å². The van der Waals surface area contributed by atoms with Gasteiger partial charge in [0.1, 0.15) is 11.4 Å². The lowest BCUT2D eigenvalue weighted by atomic mass is 10.1. The van der Waals surface area contributed by atoms with Crippen LogP contribution < -0.4 is 24.3 Å². The Bertz CT molecular complexity index is 1210. The number of rotatable bonds is 4. The quantitative estimate of drug-likeness (QED) is 0.420. The summed E-state index contributed by atoms with van der Waals surface area (Å²) in [6.07, 6.45) is -1.77. The summed E-state index contributed by atoms with van der Waals surface area (Å²) in [5, 5.41) is 13.9. The molecule has 1 aliphatic heterocycles. The maximum Gasteiger partial charge on any atom is 0.586 e. The Morgan fingerprint density at radius 1 is 1.10 bits per heavy atom. The van der Waals surface area contributed by atoms with Crippen molar-refractivity contribution in [3.05, 3.63) is 75.4 Å². The van der Waals surface area contributed by atoms with E-state index in [1.54, 1.807) is 0 Å². The molecule has 0 radical (unpaired) electrons. The van der Waals surface area contributed by atoms with E-state index in [1.807, 2.05) is 0 Å². The van der Waals surface area contributed by atoms with Crippen molar-refractivity contribution < 1.29 is 36.9 Å². The molecular weight excluding hydrogens is 464 g/mol. The zero-order valence-electron chi connectivity index (χ0n) is 15.0. The van der Waals surface area contributed by atoms with Crippen LogP contribution in [0.1, 0.15) is 10.4 Å². The minimum atomic E-state index is -4.10. The summed E-state index contributed by atoms with van der Waals surface area (Å²) >= 11 is 12.0. The molecule has 4 rings (SSSR count). The Morgan fingerprint density at radius 2 is 1.81 bits per heavy atom. The molecule has 0 aliphatic carbocycles. The molecule has 0 spiro atoms. The maximum atomic E-state index is 13.8. The molecule has 0 saturated carbocycles. The highest BCUT2D eigenvalue weighted by atomic mass is 35.5. The van der Waals surface area contributed by atoms with Crippen LogP contribution in [0.4, 0.5) is 18.9 Å². The molecule has 12 heteroatoms. The van der Waals surface area contributed by atoms with Gasteiger partial charge in [-0.15, -0.1) is 8.78 Å². The van der Waals surface area contributed by atoms with Gasteiger partial charge in [0.2, 0.25) is 17.7 Å². The van der Waals surface area contributed by atoms with Crippen LogP contribution in [0.2, 0.25) is 10.0 Å². The minimum Gasteiger partial charge on any atom is -0.619 e. The number of ether oxygens (including phenoxy) is 3. The van der Waals surface area contributed by atoms with E-state index in [9.17, 15) is 23.2 Å². The molecular formula is C19H9Cl2F3N2O5. The number of nitrogens with zero attached hydrogens (tertiary/aromatic N) is 1. The van der Waals surface area contributed by atoms with Crippen LogP contribution in [0, 0.1) is 11.0 Å². The van der Waals surface area contributed by atoms with Gasteiger partial charge < -0.3 is 24.7 Å². The molecule has 2 heterocycles. The van der Waals surface area contributed by atoms with E-state index in [0.717, 1.165) is 18.3 Å². The molecule has 31 heavy (non-hydrogen) atoms. The molecule has 1 aromatic heterocycles. The first kappa shape index (κ1) is 20.9. The van der Waals surface area contributed by atoms with Gasteiger partial charge in [-0.3, -0.25) is 4.79 Å². The molecule has 160 valence electrons. The Labute approximate surface area is 182 Å². The molecule has 0 saturated heterocycles. The Balaban J connectivity index is 1.71. The number of anilines is 1. The summed E-state index contributed by atoms with van der Waals surface area (Å²) < 4.78 is 55.2. The number of halogens is 5. The normalized spacial score (nSPS) is 13.7. The van der Waals surface area contributed by atoms with Crippen molar-refractivity contribution in [2.75, 3.05) is 5.32 Å². The van der Waals surface area contributed by atoms with Crippen molar-refractivity contribution in [1.29, 1.82) is 0 Å². The first-order chi connectivity index (χ1) is 14.6. The molecule has 2 aromatic carbocycles. The Kier molecular flexibility index (Phi) is 5.19. The standard InChI is InChI=1S/C19H9Cl2F3N2O5/c20-11-6-10(18(27)25-9-2-1-5-26(28)8-9)15(7-12(11)21)29-14-4-3-13(22)16-17(14)31-19(23,24)30-16/h1-8H,(H,25,27). The second kappa shape index (κ2) is 7.71. The molecule has 1 aliphatic rings. The number of aromatic nitrogens is 1. The zero-order chi connectivity index (χ0) is 22.3. The molecule has 3 aromatic rings. The average Bonchev–Trinajstić information content (AvgIpc) is 3.03. The number of amides is 1. The predicted octanol–water partition coefficient (Wildman–Crippen LogP) is 5.13. The lowest BCUT2D eigenvalue weighted by Gasteiger charge is -2.14. The molecule has 1 N–H and O–H groups in total. The van der Waals surface area contributed by atoms with Crippen molar-refractivity contribution in [2.24, 2.45) is 0 Å². The van der Waals surface area contributed by atoms with Gasteiger partial charge in [0, 0.05) is 12.1 Å². The first-order valence-corrected chi connectivity index (χ1v) is 9.14. The second-order valence-corrected chi connectivity index (χ2v) is 6.96. The largest absolute Gasteiger partial charge is 0.619 e. The molecule has 0 atom stereocenters. The van der Waals surface area contributed by atoms with Crippen molar-refractivity contribution in [1.82, 2.24) is 0 Å². The third-order valence-electron chi connectivity index (χ3n) is 3.99. The van der Waals surface area contributed by atoms with Crippen molar-refractivity contribution in [2.45, 2.75) is 6.29 Å². The van der Waals surface area contributed by atoms with Gasteiger partial charge in [-0.2, -0.15) is 4.73 Å². The van der Waals surface area contributed by atoms with Crippen LogP contribution >= 0.6 is 23.2 Å². The summed E-state index contributed by atoms with van der Waals surface area (Å²) in [5.41, 5.74) is 0.0121. The number of alkyl halides is 2. The van der Waals surface area contributed by atoms with E-state index in [-0.39, 0.29) is 32.8 Å². The minimum absolute atomic E-state index is 0.00145.